The second kappa shape index (κ2) is 6.91. The van der Waals surface area contributed by atoms with Crippen molar-refractivity contribution in [2.24, 2.45) is 0 Å². The maximum absolute atomic E-state index is 14.2. The van der Waals surface area contributed by atoms with Crippen LogP contribution in [0.1, 0.15) is 16.8 Å². The molecule has 3 aromatic heterocycles. The molecule has 150 valence electrons. The van der Waals surface area contributed by atoms with Crippen molar-refractivity contribution in [1.82, 2.24) is 24.6 Å². The first-order valence-corrected chi connectivity index (χ1v) is 9.71. The van der Waals surface area contributed by atoms with Gasteiger partial charge >= 0.3 is 0 Å². The molecule has 0 saturated carbocycles. The first kappa shape index (κ1) is 18.2. The third-order valence-electron chi connectivity index (χ3n) is 5.50. The van der Waals surface area contributed by atoms with Crippen LogP contribution in [0.15, 0.2) is 30.7 Å². The number of piperazine rings is 1. The van der Waals surface area contributed by atoms with Gasteiger partial charge in [0, 0.05) is 49.5 Å². The van der Waals surface area contributed by atoms with Crippen LogP contribution < -0.4 is 9.80 Å². The van der Waals surface area contributed by atoms with Crippen molar-refractivity contribution in [3.05, 3.63) is 53.4 Å². The third-order valence-corrected chi connectivity index (χ3v) is 5.50. The molecule has 1 fully saturated rings. The second-order valence-corrected chi connectivity index (χ2v) is 7.45. The summed E-state index contributed by atoms with van der Waals surface area (Å²) in [6, 6.07) is 7.17. The number of benzene rings is 1. The highest BCUT2D eigenvalue weighted by molar-refractivity contribution is 5.96. The highest BCUT2D eigenvalue weighted by Crippen LogP contribution is 2.32. The number of fused-ring (bicyclic) bond motifs is 2. The Morgan fingerprint density at radius 2 is 1.80 bits per heavy atom. The van der Waals surface area contributed by atoms with Crippen molar-refractivity contribution >= 4 is 28.2 Å². The zero-order valence-corrected chi connectivity index (χ0v) is 16.7. The number of anilines is 2. The van der Waals surface area contributed by atoms with E-state index in [2.05, 4.69) is 35.9 Å². The fourth-order valence-corrected chi connectivity index (χ4v) is 4.14. The first-order valence-electron chi connectivity index (χ1n) is 9.71. The Morgan fingerprint density at radius 3 is 2.57 bits per heavy atom. The third kappa shape index (κ3) is 2.88. The quantitative estimate of drug-likeness (QED) is 0.509. The van der Waals surface area contributed by atoms with E-state index in [1.165, 1.54) is 18.5 Å². The minimum Gasteiger partial charge on any atom is -0.366 e. The van der Waals surface area contributed by atoms with Gasteiger partial charge in [-0.15, -0.1) is 0 Å². The molecule has 5 rings (SSSR count). The smallest absolute Gasteiger partial charge is 0.254 e. The Hall–Kier alpha value is -3.80. The molecular formula is C21H19FN8. The number of nitriles is 1. The molecule has 0 spiro atoms. The lowest BCUT2D eigenvalue weighted by Gasteiger charge is -2.38. The van der Waals surface area contributed by atoms with Crippen molar-refractivity contribution in [2.75, 3.05) is 36.0 Å². The van der Waals surface area contributed by atoms with E-state index in [0.717, 1.165) is 41.4 Å². The van der Waals surface area contributed by atoms with Gasteiger partial charge in [0.25, 0.3) is 5.78 Å². The second-order valence-electron chi connectivity index (χ2n) is 7.45. The SMILES string of the molecule is Cc1cc(N2CCN(c3c(C#N)cnc4c(C)cc(F)cc34)CC2)n2ncnc2n1. The summed E-state index contributed by atoms with van der Waals surface area (Å²) in [5, 5.41) is 14.6. The highest BCUT2D eigenvalue weighted by Gasteiger charge is 2.24. The first-order chi connectivity index (χ1) is 14.5. The van der Waals surface area contributed by atoms with Gasteiger partial charge in [0.2, 0.25) is 0 Å². The Morgan fingerprint density at radius 1 is 1.03 bits per heavy atom. The summed E-state index contributed by atoms with van der Waals surface area (Å²) >= 11 is 0. The molecule has 0 unspecified atom stereocenters. The van der Waals surface area contributed by atoms with Crippen molar-refractivity contribution in [2.45, 2.75) is 13.8 Å². The van der Waals surface area contributed by atoms with Crippen LogP contribution in [0.25, 0.3) is 16.7 Å². The van der Waals surface area contributed by atoms with Crippen LogP contribution in [-0.4, -0.2) is 50.7 Å². The van der Waals surface area contributed by atoms with Crippen LogP contribution in [0.2, 0.25) is 0 Å². The van der Waals surface area contributed by atoms with Crippen molar-refractivity contribution in [3.8, 4) is 6.07 Å². The van der Waals surface area contributed by atoms with E-state index < -0.39 is 0 Å². The molecule has 4 aromatic rings. The average molecular weight is 402 g/mol. The Balaban J connectivity index is 1.51. The van der Waals surface area contributed by atoms with Gasteiger partial charge in [0.05, 0.1) is 16.8 Å². The molecule has 0 amide bonds. The summed E-state index contributed by atoms with van der Waals surface area (Å²) in [6.07, 6.45) is 3.08. The van der Waals surface area contributed by atoms with Crippen LogP contribution in [0, 0.1) is 31.0 Å². The van der Waals surface area contributed by atoms with E-state index in [4.69, 9.17) is 0 Å². The standard InChI is InChI=1S/C21H19FN8/c1-13-7-16(22)9-17-19(13)24-11-15(10-23)20(17)29-5-3-28(4-6-29)18-8-14(2)27-21-25-12-26-30(18)21/h7-9,11-12H,3-6H2,1-2H3. The normalized spacial score (nSPS) is 14.5. The Kier molecular flexibility index (Phi) is 4.20. The minimum absolute atomic E-state index is 0.322. The van der Waals surface area contributed by atoms with Gasteiger partial charge in [-0.3, -0.25) is 4.98 Å². The molecule has 1 saturated heterocycles. The summed E-state index contributed by atoms with van der Waals surface area (Å²) < 4.78 is 15.9. The number of halogens is 1. The fraction of sp³-hybridized carbons (Fsp3) is 0.286. The zero-order chi connectivity index (χ0) is 20.8. The van der Waals surface area contributed by atoms with Crippen molar-refractivity contribution < 1.29 is 4.39 Å². The zero-order valence-electron chi connectivity index (χ0n) is 16.7. The van der Waals surface area contributed by atoms with Gasteiger partial charge < -0.3 is 9.80 Å². The predicted octanol–water partition coefficient (Wildman–Crippen LogP) is 2.63. The lowest BCUT2D eigenvalue weighted by Crippen LogP contribution is -2.47. The number of nitrogens with zero attached hydrogens (tertiary/aromatic N) is 8. The van der Waals surface area contributed by atoms with Gasteiger partial charge in [-0.05, 0) is 31.5 Å². The van der Waals surface area contributed by atoms with Crippen LogP contribution in [0.3, 0.4) is 0 Å². The van der Waals surface area contributed by atoms with Crippen molar-refractivity contribution in [1.29, 1.82) is 5.26 Å². The Labute approximate surface area is 172 Å². The number of rotatable bonds is 2. The van der Waals surface area contributed by atoms with E-state index in [-0.39, 0.29) is 5.82 Å². The summed E-state index contributed by atoms with van der Waals surface area (Å²) in [6.45, 7) is 6.58. The highest BCUT2D eigenvalue weighted by atomic mass is 19.1. The van der Waals surface area contributed by atoms with E-state index >= 15 is 0 Å². The fourth-order valence-electron chi connectivity index (χ4n) is 4.14. The van der Waals surface area contributed by atoms with Crippen LogP contribution in [0.5, 0.6) is 0 Å². The van der Waals surface area contributed by atoms with Crippen LogP contribution in [-0.2, 0) is 0 Å². The van der Waals surface area contributed by atoms with Gasteiger partial charge in [-0.25, -0.2) is 9.37 Å². The van der Waals surface area contributed by atoms with Crippen molar-refractivity contribution in [3.63, 3.8) is 0 Å². The van der Waals surface area contributed by atoms with E-state index in [9.17, 15) is 9.65 Å². The van der Waals surface area contributed by atoms with E-state index in [1.807, 2.05) is 19.9 Å². The molecule has 9 heteroatoms. The minimum atomic E-state index is -0.322. The molecular weight excluding hydrogens is 383 g/mol. The number of hydrogen-bond donors (Lipinski definition) is 0. The molecule has 8 nitrogen and oxygen atoms in total. The molecule has 0 aliphatic carbocycles. The summed E-state index contributed by atoms with van der Waals surface area (Å²) in [5.41, 5.74) is 3.57. The largest absolute Gasteiger partial charge is 0.366 e. The molecule has 0 radical (unpaired) electrons. The molecule has 1 aliphatic heterocycles. The number of pyridine rings is 1. The molecule has 0 bridgehead atoms. The van der Waals surface area contributed by atoms with E-state index in [0.29, 0.717) is 29.8 Å². The lowest BCUT2D eigenvalue weighted by molar-refractivity contribution is 0.627. The number of aromatic nitrogens is 5. The summed E-state index contributed by atoms with van der Waals surface area (Å²) in [4.78, 5) is 17.4. The summed E-state index contributed by atoms with van der Waals surface area (Å²) in [7, 11) is 0. The van der Waals surface area contributed by atoms with Gasteiger partial charge in [0.15, 0.2) is 0 Å². The average Bonchev–Trinajstić information content (AvgIpc) is 3.20. The molecule has 0 atom stereocenters. The molecule has 1 aromatic carbocycles. The molecule has 0 N–H and O–H groups in total. The van der Waals surface area contributed by atoms with Crippen LogP contribution >= 0.6 is 0 Å². The van der Waals surface area contributed by atoms with Gasteiger partial charge in [0.1, 0.15) is 24.0 Å². The Bertz CT molecular complexity index is 1310. The lowest BCUT2D eigenvalue weighted by atomic mass is 10.0. The van der Waals surface area contributed by atoms with Gasteiger partial charge in [-0.2, -0.15) is 19.9 Å². The van der Waals surface area contributed by atoms with E-state index in [1.54, 1.807) is 10.7 Å². The molecule has 4 heterocycles. The summed E-state index contributed by atoms with van der Waals surface area (Å²) in [5.74, 6) is 1.19. The maximum atomic E-state index is 14.2. The molecule has 30 heavy (non-hydrogen) atoms. The van der Waals surface area contributed by atoms with Crippen LogP contribution in [0.4, 0.5) is 15.9 Å². The topological polar surface area (TPSA) is 86.2 Å². The monoisotopic (exact) mass is 402 g/mol. The predicted molar refractivity (Wildman–Crippen MR) is 111 cm³/mol. The number of hydrogen-bond acceptors (Lipinski definition) is 7. The maximum Gasteiger partial charge on any atom is 0.254 e. The number of aryl methyl sites for hydroxylation is 2. The van der Waals surface area contributed by atoms with Gasteiger partial charge in [-0.1, -0.05) is 0 Å². The molecule has 1 aliphatic rings.